The van der Waals surface area contributed by atoms with Crippen molar-refractivity contribution in [3.05, 3.63) is 114 Å². The van der Waals surface area contributed by atoms with Crippen molar-refractivity contribution in [3.8, 4) is 17.2 Å². The summed E-state index contributed by atoms with van der Waals surface area (Å²) in [7, 11) is -5.64. The number of benzene rings is 4. The smallest absolute Gasteiger partial charge is 0.248 e. The minimum Gasteiger partial charge on any atom is -0.493 e. The monoisotopic (exact) mass is 657 g/mol. The molecule has 0 aliphatic carbocycles. The summed E-state index contributed by atoms with van der Waals surface area (Å²) in [6.07, 6.45) is -0.441. The number of methoxy groups -OCH3 is 2. The van der Waals surface area contributed by atoms with E-state index in [1.807, 2.05) is 0 Å². The van der Waals surface area contributed by atoms with Gasteiger partial charge in [0, 0.05) is 6.07 Å². The third-order valence-electron chi connectivity index (χ3n) is 7.16. The first-order valence-corrected chi connectivity index (χ1v) is 16.8. The van der Waals surface area contributed by atoms with Crippen LogP contribution in [0.15, 0.2) is 107 Å². The van der Waals surface area contributed by atoms with Crippen LogP contribution in [0.5, 0.6) is 17.2 Å². The average Bonchev–Trinajstić information content (AvgIpc) is 3.06. The molecule has 2 atom stereocenters. The highest BCUT2D eigenvalue weighted by molar-refractivity contribution is 7.92. The van der Waals surface area contributed by atoms with Crippen LogP contribution in [0.2, 0.25) is 0 Å². The number of sulfone groups is 2. The first-order valence-electron chi connectivity index (χ1n) is 13.6. The Hall–Kier alpha value is -4.46. The molecule has 0 fully saturated rings. The van der Waals surface area contributed by atoms with E-state index in [2.05, 4.69) is 0 Å². The largest absolute Gasteiger partial charge is 0.493 e. The number of amides is 1. The highest BCUT2D eigenvalue weighted by Crippen LogP contribution is 2.40. The minimum absolute atomic E-state index is 0.00936. The summed E-state index contributed by atoms with van der Waals surface area (Å²) < 4.78 is 84.4. The van der Waals surface area contributed by atoms with Gasteiger partial charge in [0.05, 0.1) is 35.7 Å². The molecular weight excluding hydrogens is 625 g/mol. The fourth-order valence-electron chi connectivity index (χ4n) is 4.80. The third-order valence-corrected chi connectivity index (χ3v) is 11.1. The molecule has 2 unspecified atom stereocenters. The Balaban J connectivity index is 1.74. The molecule has 0 saturated carbocycles. The minimum atomic E-state index is -4.45. The SMILES string of the molecule is COc1ccc(S(=O)(=O)C(c2ccc(OCc3ccc(F)cc3)cc2)C(CCS(=O)(=O)c2ccccc2)C(=O)NO)cc1OC. The molecule has 13 heteroatoms. The van der Waals surface area contributed by atoms with E-state index < -0.39 is 48.9 Å². The van der Waals surface area contributed by atoms with E-state index in [1.165, 1.54) is 86.4 Å². The molecular formula is C32H32FNO9S2. The van der Waals surface area contributed by atoms with E-state index in [9.17, 15) is 31.2 Å². The maximum absolute atomic E-state index is 14.3. The predicted octanol–water partition coefficient (Wildman–Crippen LogP) is 4.92. The van der Waals surface area contributed by atoms with Gasteiger partial charge >= 0.3 is 0 Å². The lowest BCUT2D eigenvalue weighted by molar-refractivity contribution is -0.133. The van der Waals surface area contributed by atoms with Gasteiger partial charge in [-0.2, -0.15) is 0 Å². The summed E-state index contributed by atoms with van der Waals surface area (Å²) in [5.74, 6) is -2.83. The molecule has 4 rings (SSSR count). The summed E-state index contributed by atoms with van der Waals surface area (Å²) in [4.78, 5) is 12.9. The van der Waals surface area contributed by atoms with Crippen LogP contribution >= 0.6 is 0 Å². The van der Waals surface area contributed by atoms with E-state index in [4.69, 9.17) is 14.2 Å². The molecule has 0 heterocycles. The Morgan fingerprint density at radius 2 is 1.47 bits per heavy atom. The van der Waals surface area contributed by atoms with Crippen molar-refractivity contribution < 1.29 is 45.4 Å². The molecule has 0 aliphatic rings. The standard InChI is InChI=1S/C32H32FNO9S2/c1-41-29-17-16-27(20-30(29)42-2)45(39,40)31(23-10-14-25(15-11-23)43-21-22-8-12-24(33)13-9-22)28(32(35)34-36)18-19-44(37,38)26-6-4-3-5-7-26/h3-17,20,28,31,36H,18-19,21H2,1-2H3,(H,34,35). The van der Waals surface area contributed by atoms with Gasteiger partial charge in [0.25, 0.3) is 0 Å². The van der Waals surface area contributed by atoms with E-state index >= 15 is 0 Å². The van der Waals surface area contributed by atoms with Gasteiger partial charge in [0.15, 0.2) is 31.2 Å². The molecule has 238 valence electrons. The van der Waals surface area contributed by atoms with Crippen LogP contribution in [-0.2, 0) is 31.1 Å². The number of hydrogen-bond donors (Lipinski definition) is 2. The second-order valence-corrected chi connectivity index (χ2v) is 14.1. The van der Waals surface area contributed by atoms with Gasteiger partial charge < -0.3 is 14.2 Å². The zero-order chi connectivity index (χ0) is 32.6. The van der Waals surface area contributed by atoms with Crippen molar-refractivity contribution >= 4 is 25.6 Å². The van der Waals surface area contributed by atoms with Gasteiger partial charge in [-0.05, 0) is 66.1 Å². The van der Waals surface area contributed by atoms with Gasteiger partial charge in [-0.25, -0.2) is 26.7 Å². The molecule has 0 bridgehead atoms. The Morgan fingerprint density at radius 3 is 2.07 bits per heavy atom. The number of halogens is 1. The van der Waals surface area contributed by atoms with Crippen LogP contribution in [0.3, 0.4) is 0 Å². The Bertz CT molecular complexity index is 1820. The summed E-state index contributed by atoms with van der Waals surface area (Å²) in [6.45, 7) is 0.111. The molecule has 0 aromatic heterocycles. The molecule has 1 amide bonds. The summed E-state index contributed by atoms with van der Waals surface area (Å²) in [5.41, 5.74) is 2.36. The lowest BCUT2D eigenvalue weighted by Crippen LogP contribution is -2.36. The Morgan fingerprint density at radius 1 is 0.822 bits per heavy atom. The van der Waals surface area contributed by atoms with Crippen LogP contribution in [-0.4, -0.2) is 47.9 Å². The number of hydroxylamine groups is 1. The molecule has 0 spiro atoms. The normalized spacial score (nSPS) is 13.0. The van der Waals surface area contributed by atoms with E-state index in [0.29, 0.717) is 11.3 Å². The third kappa shape index (κ3) is 7.98. The second kappa shape index (κ2) is 14.5. The van der Waals surface area contributed by atoms with Crippen molar-refractivity contribution in [1.29, 1.82) is 0 Å². The molecule has 45 heavy (non-hydrogen) atoms. The maximum Gasteiger partial charge on any atom is 0.248 e. The van der Waals surface area contributed by atoms with Gasteiger partial charge in [-0.15, -0.1) is 0 Å². The number of carbonyl (C=O) groups is 1. The van der Waals surface area contributed by atoms with Crippen molar-refractivity contribution in [2.24, 2.45) is 5.92 Å². The zero-order valence-electron chi connectivity index (χ0n) is 24.4. The highest BCUT2D eigenvalue weighted by Gasteiger charge is 2.41. The summed E-state index contributed by atoms with van der Waals surface area (Å²) >= 11 is 0. The van der Waals surface area contributed by atoms with Crippen molar-refractivity contribution in [2.45, 2.75) is 28.1 Å². The molecule has 4 aromatic rings. The molecule has 4 aromatic carbocycles. The van der Waals surface area contributed by atoms with Crippen molar-refractivity contribution in [2.75, 3.05) is 20.0 Å². The van der Waals surface area contributed by atoms with Crippen molar-refractivity contribution in [1.82, 2.24) is 5.48 Å². The number of nitrogens with one attached hydrogen (secondary N) is 1. The lowest BCUT2D eigenvalue weighted by atomic mass is 9.95. The quantitative estimate of drug-likeness (QED) is 0.143. The van der Waals surface area contributed by atoms with Crippen molar-refractivity contribution in [3.63, 3.8) is 0 Å². The average molecular weight is 658 g/mol. The first kappa shape index (κ1) is 33.4. The van der Waals surface area contributed by atoms with E-state index in [-0.39, 0.29) is 39.3 Å². The van der Waals surface area contributed by atoms with E-state index in [0.717, 1.165) is 0 Å². The van der Waals surface area contributed by atoms with E-state index in [1.54, 1.807) is 30.3 Å². The number of rotatable bonds is 14. The highest BCUT2D eigenvalue weighted by atomic mass is 32.2. The number of carbonyl (C=O) groups excluding carboxylic acids is 1. The fraction of sp³-hybridized carbons (Fsp3) is 0.219. The lowest BCUT2D eigenvalue weighted by Gasteiger charge is -2.26. The van der Waals surface area contributed by atoms with Crippen LogP contribution < -0.4 is 19.7 Å². The number of hydrogen-bond acceptors (Lipinski definition) is 9. The molecule has 0 saturated heterocycles. The maximum atomic E-state index is 14.3. The van der Waals surface area contributed by atoms with Gasteiger partial charge in [0.2, 0.25) is 5.91 Å². The first-order chi connectivity index (χ1) is 21.5. The summed E-state index contributed by atoms with van der Waals surface area (Å²) in [6, 6.07) is 23.1. The zero-order valence-corrected chi connectivity index (χ0v) is 26.1. The van der Waals surface area contributed by atoms with Gasteiger partial charge in [-0.3, -0.25) is 10.0 Å². The Kier molecular flexibility index (Phi) is 10.8. The number of ether oxygens (including phenoxy) is 3. The van der Waals surface area contributed by atoms with Crippen LogP contribution in [0.1, 0.15) is 22.8 Å². The summed E-state index contributed by atoms with van der Waals surface area (Å²) in [5, 5.41) is 8.01. The topological polar surface area (TPSA) is 145 Å². The predicted molar refractivity (Wildman–Crippen MR) is 163 cm³/mol. The Labute approximate surface area is 261 Å². The molecule has 10 nitrogen and oxygen atoms in total. The fourth-order valence-corrected chi connectivity index (χ4v) is 8.20. The molecule has 0 aliphatic heterocycles. The van der Waals surface area contributed by atoms with Crippen LogP contribution in [0.25, 0.3) is 0 Å². The van der Waals surface area contributed by atoms with Gasteiger partial charge in [-0.1, -0.05) is 42.5 Å². The molecule has 2 N–H and O–H groups in total. The molecule has 0 radical (unpaired) electrons. The van der Waals surface area contributed by atoms with Crippen LogP contribution in [0.4, 0.5) is 4.39 Å². The second-order valence-electron chi connectivity index (χ2n) is 9.97. The van der Waals surface area contributed by atoms with Crippen LogP contribution in [0, 0.1) is 11.7 Å². The van der Waals surface area contributed by atoms with Gasteiger partial charge in [0.1, 0.15) is 23.4 Å².